The summed E-state index contributed by atoms with van der Waals surface area (Å²) in [6.45, 7) is 7.94. The van der Waals surface area contributed by atoms with Gasteiger partial charge < -0.3 is 15.2 Å². The molecule has 1 unspecified atom stereocenters. The van der Waals surface area contributed by atoms with Crippen molar-refractivity contribution < 1.29 is 9.47 Å². The van der Waals surface area contributed by atoms with Crippen LogP contribution in [0.15, 0.2) is 24.3 Å². The van der Waals surface area contributed by atoms with Crippen molar-refractivity contribution in [2.75, 3.05) is 20.3 Å². The third kappa shape index (κ3) is 5.52. The largest absolute Gasteiger partial charge is 0.497 e. The van der Waals surface area contributed by atoms with Crippen LogP contribution in [0, 0.1) is 5.41 Å². The first-order valence-electron chi connectivity index (χ1n) is 6.39. The third-order valence-corrected chi connectivity index (χ3v) is 2.84. The van der Waals surface area contributed by atoms with Gasteiger partial charge in [-0.25, -0.2) is 0 Å². The summed E-state index contributed by atoms with van der Waals surface area (Å²) in [6.07, 6.45) is 1.04. The van der Waals surface area contributed by atoms with Gasteiger partial charge in [0.15, 0.2) is 0 Å². The zero-order chi connectivity index (χ0) is 13.6. The Kier molecular flexibility index (Phi) is 5.63. The predicted molar refractivity (Wildman–Crippen MR) is 74.8 cm³/mol. The summed E-state index contributed by atoms with van der Waals surface area (Å²) in [5.74, 6) is 0.847. The molecule has 102 valence electrons. The van der Waals surface area contributed by atoms with E-state index in [1.165, 1.54) is 0 Å². The van der Waals surface area contributed by atoms with Gasteiger partial charge in [0.2, 0.25) is 0 Å². The summed E-state index contributed by atoms with van der Waals surface area (Å²) in [7, 11) is 1.66. The van der Waals surface area contributed by atoms with Gasteiger partial charge in [-0.3, -0.25) is 0 Å². The van der Waals surface area contributed by atoms with Crippen molar-refractivity contribution in [3.63, 3.8) is 0 Å². The van der Waals surface area contributed by atoms with Gasteiger partial charge in [0.25, 0.3) is 0 Å². The number of methoxy groups -OCH3 is 1. The second-order valence-corrected chi connectivity index (χ2v) is 5.77. The fourth-order valence-electron chi connectivity index (χ4n) is 1.54. The van der Waals surface area contributed by atoms with Crippen LogP contribution >= 0.6 is 0 Å². The lowest BCUT2D eigenvalue weighted by molar-refractivity contribution is 0.0974. The van der Waals surface area contributed by atoms with Gasteiger partial charge in [-0.2, -0.15) is 0 Å². The predicted octanol–water partition coefficient (Wildman–Crippen LogP) is 3.15. The summed E-state index contributed by atoms with van der Waals surface area (Å²) in [6, 6.07) is 7.73. The van der Waals surface area contributed by atoms with E-state index in [0.29, 0.717) is 12.0 Å². The van der Waals surface area contributed by atoms with Gasteiger partial charge in [0.05, 0.1) is 19.8 Å². The summed E-state index contributed by atoms with van der Waals surface area (Å²) in [5.41, 5.74) is 7.46. The molecule has 1 aromatic carbocycles. The Balaban J connectivity index is 2.33. The lowest BCUT2D eigenvalue weighted by atomic mass is 9.93. The van der Waals surface area contributed by atoms with E-state index in [1.807, 2.05) is 24.3 Å². The highest BCUT2D eigenvalue weighted by Gasteiger charge is 2.11. The number of rotatable bonds is 6. The van der Waals surface area contributed by atoms with Gasteiger partial charge in [-0.1, -0.05) is 32.9 Å². The van der Waals surface area contributed by atoms with Crippen molar-refractivity contribution in [1.29, 1.82) is 0 Å². The van der Waals surface area contributed by atoms with E-state index in [9.17, 15) is 0 Å². The number of nitrogens with two attached hydrogens (primary N) is 1. The van der Waals surface area contributed by atoms with Crippen LogP contribution in [-0.4, -0.2) is 20.3 Å². The summed E-state index contributed by atoms with van der Waals surface area (Å²) in [4.78, 5) is 0. The molecule has 0 aliphatic carbocycles. The van der Waals surface area contributed by atoms with Crippen molar-refractivity contribution >= 4 is 0 Å². The smallest absolute Gasteiger partial charge is 0.118 e. The van der Waals surface area contributed by atoms with Gasteiger partial charge in [0.1, 0.15) is 5.75 Å². The van der Waals surface area contributed by atoms with Gasteiger partial charge in [0, 0.05) is 6.61 Å². The van der Waals surface area contributed by atoms with E-state index in [1.54, 1.807) is 7.11 Å². The van der Waals surface area contributed by atoms with Crippen LogP contribution in [0.5, 0.6) is 5.75 Å². The van der Waals surface area contributed by atoms with Crippen LogP contribution in [0.4, 0.5) is 0 Å². The molecule has 0 saturated heterocycles. The van der Waals surface area contributed by atoms with Gasteiger partial charge >= 0.3 is 0 Å². The quantitative estimate of drug-likeness (QED) is 0.790. The Hall–Kier alpha value is -1.06. The number of hydrogen-bond acceptors (Lipinski definition) is 3. The molecule has 1 aromatic rings. The Morgan fingerprint density at radius 2 is 1.78 bits per heavy atom. The minimum Gasteiger partial charge on any atom is -0.497 e. The molecular formula is C15H25NO2. The SMILES string of the molecule is COc1ccc(C(N)COCCC(C)(C)C)cc1. The Bertz CT molecular complexity index is 341. The first kappa shape index (κ1) is 15.0. The summed E-state index contributed by atoms with van der Waals surface area (Å²) < 4.78 is 10.7. The highest BCUT2D eigenvalue weighted by atomic mass is 16.5. The number of hydrogen-bond donors (Lipinski definition) is 1. The lowest BCUT2D eigenvalue weighted by Gasteiger charge is -2.19. The second kappa shape index (κ2) is 6.76. The van der Waals surface area contributed by atoms with Crippen LogP contribution in [0.25, 0.3) is 0 Å². The van der Waals surface area contributed by atoms with Crippen LogP contribution in [0.2, 0.25) is 0 Å². The molecule has 2 N–H and O–H groups in total. The molecule has 0 bridgehead atoms. The van der Waals surface area contributed by atoms with Crippen molar-refractivity contribution in [1.82, 2.24) is 0 Å². The molecule has 0 amide bonds. The molecule has 18 heavy (non-hydrogen) atoms. The molecule has 3 nitrogen and oxygen atoms in total. The fourth-order valence-corrected chi connectivity index (χ4v) is 1.54. The monoisotopic (exact) mass is 251 g/mol. The molecule has 0 saturated carbocycles. The topological polar surface area (TPSA) is 44.5 Å². The molecule has 0 aliphatic heterocycles. The van der Waals surface area contributed by atoms with Crippen LogP contribution in [-0.2, 0) is 4.74 Å². The fraction of sp³-hybridized carbons (Fsp3) is 0.600. The van der Waals surface area contributed by atoms with Crippen LogP contribution < -0.4 is 10.5 Å². The van der Waals surface area contributed by atoms with E-state index in [-0.39, 0.29) is 6.04 Å². The average Bonchev–Trinajstić information content (AvgIpc) is 2.33. The highest BCUT2D eigenvalue weighted by Crippen LogP contribution is 2.19. The molecule has 1 rings (SSSR count). The zero-order valence-corrected chi connectivity index (χ0v) is 11.9. The maximum atomic E-state index is 6.07. The molecule has 0 spiro atoms. The van der Waals surface area contributed by atoms with Crippen molar-refractivity contribution in [2.24, 2.45) is 11.1 Å². The normalized spacial score (nSPS) is 13.4. The first-order valence-corrected chi connectivity index (χ1v) is 6.39. The zero-order valence-electron chi connectivity index (χ0n) is 11.9. The minimum absolute atomic E-state index is 0.0733. The van der Waals surface area contributed by atoms with Crippen LogP contribution in [0.1, 0.15) is 38.8 Å². The molecule has 3 heteroatoms. The lowest BCUT2D eigenvalue weighted by Crippen LogP contribution is -2.19. The average molecular weight is 251 g/mol. The highest BCUT2D eigenvalue weighted by molar-refractivity contribution is 5.28. The van der Waals surface area contributed by atoms with Gasteiger partial charge in [-0.15, -0.1) is 0 Å². The van der Waals surface area contributed by atoms with Crippen molar-refractivity contribution in [2.45, 2.75) is 33.2 Å². The summed E-state index contributed by atoms with van der Waals surface area (Å²) in [5, 5.41) is 0. The van der Waals surface area contributed by atoms with E-state index in [0.717, 1.165) is 24.3 Å². The molecule has 0 fully saturated rings. The standard InChI is InChI=1S/C15H25NO2/c1-15(2,3)9-10-18-11-14(16)12-5-7-13(17-4)8-6-12/h5-8,14H,9-11,16H2,1-4H3. The minimum atomic E-state index is -0.0733. The van der Waals surface area contributed by atoms with E-state index in [2.05, 4.69) is 20.8 Å². The van der Waals surface area contributed by atoms with E-state index in [4.69, 9.17) is 15.2 Å². The van der Waals surface area contributed by atoms with E-state index >= 15 is 0 Å². The molecular weight excluding hydrogens is 226 g/mol. The Morgan fingerprint density at radius 3 is 2.28 bits per heavy atom. The maximum Gasteiger partial charge on any atom is 0.118 e. The van der Waals surface area contributed by atoms with Crippen molar-refractivity contribution in [3.8, 4) is 5.75 Å². The molecule has 0 aromatic heterocycles. The second-order valence-electron chi connectivity index (χ2n) is 5.77. The molecule has 1 atom stereocenters. The number of ether oxygens (including phenoxy) is 2. The third-order valence-electron chi connectivity index (χ3n) is 2.84. The maximum absolute atomic E-state index is 6.07. The Morgan fingerprint density at radius 1 is 1.17 bits per heavy atom. The van der Waals surface area contributed by atoms with Gasteiger partial charge in [-0.05, 0) is 29.5 Å². The van der Waals surface area contributed by atoms with E-state index < -0.39 is 0 Å². The molecule has 0 radical (unpaired) electrons. The molecule has 0 heterocycles. The number of benzene rings is 1. The molecule has 0 aliphatic rings. The van der Waals surface area contributed by atoms with Crippen LogP contribution in [0.3, 0.4) is 0 Å². The Labute approximate surface area is 110 Å². The van der Waals surface area contributed by atoms with Crippen molar-refractivity contribution in [3.05, 3.63) is 29.8 Å². The first-order chi connectivity index (χ1) is 8.42. The summed E-state index contributed by atoms with van der Waals surface area (Å²) >= 11 is 0.